The molecule has 1 aliphatic rings. The van der Waals surface area contributed by atoms with Gasteiger partial charge in [-0.3, -0.25) is 9.59 Å². The molecule has 1 heterocycles. The van der Waals surface area contributed by atoms with Crippen molar-refractivity contribution in [3.8, 4) is 5.75 Å². The van der Waals surface area contributed by atoms with Gasteiger partial charge in [0.25, 0.3) is 5.91 Å². The van der Waals surface area contributed by atoms with Gasteiger partial charge in [-0.25, -0.2) is 4.79 Å². The Morgan fingerprint density at radius 2 is 1.72 bits per heavy atom. The second-order valence-electron chi connectivity index (χ2n) is 9.34. The lowest BCUT2D eigenvalue weighted by molar-refractivity contribution is -0.117. The van der Waals surface area contributed by atoms with Crippen LogP contribution >= 0.6 is 11.6 Å². The third-order valence-corrected chi connectivity index (χ3v) is 6.93. The van der Waals surface area contributed by atoms with E-state index in [4.69, 9.17) is 16.3 Å². The van der Waals surface area contributed by atoms with E-state index in [0.717, 1.165) is 16.9 Å². The Bertz CT molecular complexity index is 1310. The standard InChI is InChI=1S/C30H32ClN3O5/c1-20-19-28(34(21(2)35)24-13-11-23(31)12-14-24)26-7-4-5-8-27(26)33(20)29(36)22-9-15-25(16-10-22)39-18-6-17-32-30(37)38-3/h4-5,7-16,20,28H,6,17-19H2,1-3H3,(H,32,37)/t20-,28+/m0/s1. The number of methoxy groups -OCH3 is 1. The minimum absolute atomic E-state index is 0.0826. The summed E-state index contributed by atoms with van der Waals surface area (Å²) in [5.41, 5.74) is 2.99. The van der Waals surface area contributed by atoms with Gasteiger partial charge in [-0.15, -0.1) is 0 Å². The van der Waals surface area contributed by atoms with Crippen molar-refractivity contribution < 1.29 is 23.9 Å². The zero-order valence-electron chi connectivity index (χ0n) is 22.2. The molecular weight excluding hydrogens is 518 g/mol. The van der Waals surface area contributed by atoms with E-state index in [1.54, 1.807) is 53.1 Å². The summed E-state index contributed by atoms with van der Waals surface area (Å²) < 4.78 is 10.3. The lowest BCUT2D eigenvalue weighted by Gasteiger charge is -2.43. The second-order valence-corrected chi connectivity index (χ2v) is 9.78. The quantitative estimate of drug-likeness (QED) is 0.348. The Kier molecular flexibility index (Phi) is 9.09. The molecule has 4 rings (SSSR count). The van der Waals surface area contributed by atoms with Gasteiger partial charge in [0, 0.05) is 41.5 Å². The molecule has 1 aliphatic heterocycles. The van der Waals surface area contributed by atoms with Crippen LogP contribution in [0.3, 0.4) is 0 Å². The largest absolute Gasteiger partial charge is 0.494 e. The number of hydrogen-bond donors (Lipinski definition) is 1. The minimum Gasteiger partial charge on any atom is -0.494 e. The van der Waals surface area contributed by atoms with Crippen LogP contribution in [-0.4, -0.2) is 44.2 Å². The van der Waals surface area contributed by atoms with Crippen molar-refractivity contribution in [2.24, 2.45) is 0 Å². The molecule has 0 saturated heterocycles. The Morgan fingerprint density at radius 1 is 1.03 bits per heavy atom. The SMILES string of the molecule is COC(=O)NCCCOc1ccc(C(=O)N2c3ccccc3[C@H](N(C(C)=O)c3ccc(Cl)cc3)C[C@@H]2C)cc1. The van der Waals surface area contributed by atoms with E-state index in [1.807, 2.05) is 43.3 Å². The number of fused-ring (bicyclic) bond motifs is 1. The molecule has 0 fully saturated rings. The molecule has 8 nitrogen and oxygen atoms in total. The summed E-state index contributed by atoms with van der Waals surface area (Å²) in [6, 6.07) is 21.6. The van der Waals surface area contributed by atoms with Gasteiger partial charge in [0.2, 0.25) is 5.91 Å². The number of nitrogens with zero attached hydrogens (tertiary/aromatic N) is 2. The van der Waals surface area contributed by atoms with Crippen LogP contribution < -0.4 is 19.9 Å². The first-order valence-electron chi connectivity index (χ1n) is 12.8. The highest BCUT2D eigenvalue weighted by Gasteiger charge is 2.38. The molecule has 0 aliphatic carbocycles. The van der Waals surface area contributed by atoms with Gasteiger partial charge in [0.15, 0.2) is 0 Å². The number of benzene rings is 3. The zero-order chi connectivity index (χ0) is 27.9. The Labute approximate surface area is 233 Å². The van der Waals surface area contributed by atoms with Crippen LogP contribution in [-0.2, 0) is 9.53 Å². The molecular formula is C30H32ClN3O5. The lowest BCUT2D eigenvalue weighted by Crippen LogP contribution is -2.47. The highest BCUT2D eigenvalue weighted by atomic mass is 35.5. The van der Waals surface area contributed by atoms with Crippen molar-refractivity contribution in [1.29, 1.82) is 0 Å². The van der Waals surface area contributed by atoms with Crippen molar-refractivity contribution in [2.45, 2.75) is 38.8 Å². The molecule has 1 N–H and O–H groups in total. The number of amides is 3. The number of alkyl carbamates (subject to hydrolysis) is 1. The van der Waals surface area contributed by atoms with Gasteiger partial charge in [-0.1, -0.05) is 29.8 Å². The van der Waals surface area contributed by atoms with E-state index in [0.29, 0.717) is 42.3 Å². The van der Waals surface area contributed by atoms with Crippen LogP contribution in [0.2, 0.25) is 5.02 Å². The maximum Gasteiger partial charge on any atom is 0.406 e. The van der Waals surface area contributed by atoms with Crippen LogP contribution in [0.1, 0.15) is 48.7 Å². The smallest absolute Gasteiger partial charge is 0.406 e. The predicted molar refractivity (Wildman–Crippen MR) is 152 cm³/mol. The minimum atomic E-state index is -0.475. The molecule has 0 spiro atoms. The highest BCUT2D eigenvalue weighted by molar-refractivity contribution is 6.30. The molecule has 0 aromatic heterocycles. The highest BCUT2D eigenvalue weighted by Crippen LogP contribution is 2.43. The summed E-state index contributed by atoms with van der Waals surface area (Å²) in [6.45, 7) is 4.41. The van der Waals surface area contributed by atoms with Gasteiger partial charge in [-0.2, -0.15) is 0 Å². The van der Waals surface area contributed by atoms with Crippen LogP contribution in [0.15, 0.2) is 72.8 Å². The summed E-state index contributed by atoms with van der Waals surface area (Å²) in [5.74, 6) is 0.431. The summed E-state index contributed by atoms with van der Waals surface area (Å²) in [4.78, 5) is 41.3. The van der Waals surface area contributed by atoms with Gasteiger partial charge in [0.05, 0.1) is 19.8 Å². The van der Waals surface area contributed by atoms with E-state index in [1.165, 1.54) is 7.11 Å². The van der Waals surface area contributed by atoms with Crippen LogP contribution in [0.4, 0.5) is 16.2 Å². The first-order chi connectivity index (χ1) is 18.8. The normalized spacial score (nSPS) is 16.2. The summed E-state index contributed by atoms with van der Waals surface area (Å²) in [6.07, 6.45) is 0.717. The van der Waals surface area contributed by atoms with E-state index in [-0.39, 0.29) is 23.9 Å². The number of ether oxygens (including phenoxy) is 2. The molecule has 2 atom stereocenters. The fourth-order valence-electron chi connectivity index (χ4n) is 4.88. The third kappa shape index (κ3) is 6.52. The second kappa shape index (κ2) is 12.7. The first-order valence-corrected chi connectivity index (χ1v) is 13.2. The molecule has 3 aromatic rings. The van der Waals surface area contributed by atoms with Crippen molar-refractivity contribution in [2.75, 3.05) is 30.1 Å². The van der Waals surface area contributed by atoms with Crippen LogP contribution in [0.5, 0.6) is 5.75 Å². The zero-order valence-corrected chi connectivity index (χ0v) is 23.0. The maximum atomic E-state index is 13.7. The summed E-state index contributed by atoms with van der Waals surface area (Å²) in [7, 11) is 1.32. The summed E-state index contributed by atoms with van der Waals surface area (Å²) in [5, 5.41) is 3.20. The maximum absolute atomic E-state index is 13.7. The van der Waals surface area contributed by atoms with Crippen molar-refractivity contribution in [1.82, 2.24) is 5.32 Å². The number of hydrogen-bond acceptors (Lipinski definition) is 5. The van der Waals surface area contributed by atoms with Gasteiger partial charge in [-0.05, 0) is 79.9 Å². The van der Waals surface area contributed by atoms with Crippen molar-refractivity contribution in [3.05, 3.63) is 88.9 Å². The summed E-state index contributed by atoms with van der Waals surface area (Å²) >= 11 is 6.09. The topological polar surface area (TPSA) is 88.2 Å². The number of carbonyl (C=O) groups is 3. The van der Waals surface area contributed by atoms with Crippen LogP contribution in [0, 0.1) is 0 Å². The third-order valence-electron chi connectivity index (χ3n) is 6.68. The average Bonchev–Trinajstić information content (AvgIpc) is 2.93. The Hall–Kier alpha value is -4.04. The number of halogens is 1. The molecule has 9 heteroatoms. The van der Waals surface area contributed by atoms with E-state index in [2.05, 4.69) is 10.1 Å². The molecule has 0 bridgehead atoms. The first kappa shape index (κ1) is 28.0. The average molecular weight is 550 g/mol. The van der Waals surface area contributed by atoms with Gasteiger partial charge >= 0.3 is 6.09 Å². The fourth-order valence-corrected chi connectivity index (χ4v) is 5.00. The fraction of sp³-hybridized carbons (Fsp3) is 0.300. The Morgan fingerprint density at radius 3 is 2.38 bits per heavy atom. The Balaban J connectivity index is 1.51. The number of para-hydroxylation sites is 1. The van der Waals surface area contributed by atoms with Crippen molar-refractivity contribution >= 4 is 40.9 Å². The number of anilines is 2. The number of nitrogens with one attached hydrogen (secondary N) is 1. The van der Waals surface area contributed by atoms with Crippen LogP contribution in [0.25, 0.3) is 0 Å². The molecule has 0 unspecified atom stereocenters. The van der Waals surface area contributed by atoms with E-state index >= 15 is 0 Å². The molecule has 3 amide bonds. The van der Waals surface area contributed by atoms with E-state index < -0.39 is 6.09 Å². The lowest BCUT2D eigenvalue weighted by atomic mass is 9.89. The number of rotatable bonds is 8. The van der Waals surface area contributed by atoms with E-state index in [9.17, 15) is 14.4 Å². The number of carbonyl (C=O) groups excluding carboxylic acids is 3. The van der Waals surface area contributed by atoms with Crippen molar-refractivity contribution in [3.63, 3.8) is 0 Å². The monoisotopic (exact) mass is 549 g/mol. The van der Waals surface area contributed by atoms with Gasteiger partial charge < -0.3 is 24.6 Å². The molecule has 3 aromatic carbocycles. The molecule has 204 valence electrons. The predicted octanol–water partition coefficient (Wildman–Crippen LogP) is 6.00. The van der Waals surface area contributed by atoms with Gasteiger partial charge in [0.1, 0.15) is 5.75 Å². The molecule has 39 heavy (non-hydrogen) atoms. The molecule has 0 saturated carbocycles. The molecule has 0 radical (unpaired) electrons.